The van der Waals surface area contributed by atoms with E-state index < -0.39 is 7.38 Å². The topological polar surface area (TPSA) is 0 Å². The van der Waals surface area contributed by atoms with Crippen LogP contribution in [-0.2, 0) is 0 Å². The molecular formula is C12H21ClSi. The first-order chi connectivity index (χ1) is 6.25. The molecule has 0 aromatic rings. The van der Waals surface area contributed by atoms with Gasteiger partial charge in [-0.3, -0.25) is 0 Å². The summed E-state index contributed by atoms with van der Waals surface area (Å²) in [6.07, 6.45) is 0. The molecule has 2 heteroatoms. The number of allylic oxidation sites excluding steroid dienone is 3. The van der Waals surface area contributed by atoms with Crippen molar-refractivity contribution < 1.29 is 0 Å². The summed E-state index contributed by atoms with van der Waals surface area (Å²) in [5.74, 6) is 0. The summed E-state index contributed by atoms with van der Waals surface area (Å²) in [4.78, 5) is 0. The highest BCUT2D eigenvalue weighted by Gasteiger charge is 2.21. The second kappa shape index (κ2) is 5.57. The maximum absolute atomic E-state index is 6.63. The van der Waals surface area contributed by atoms with Crippen LogP contribution in [-0.4, -0.2) is 7.38 Å². The quantitative estimate of drug-likeness (QED) is 0.486. The highest BCUT2D eigenvalue weighted by atomic mass is 35.6. The highest BCUT2D eigenvalue weighted by molar-refractivity contribution is 7.28. The fraction of sp³-hybridized carbons (Fsp3) is 0.500. The van der Waals surface area contributed by atoms with Gasteiger partial charge in [0.25, 0.3) is 0 Å². The van der Waals surface area contributed by atoms with E-state index in [9.17, 15) is 0 Å². The molecule has 0 aliphatic rings. The zero-order valence-electron chi connectivity index (χ0n) is 10.1. The van der Waals surface area contributed by atoms with Crippen molar-refractivity contribution in [3.8, 4) is 0 Å². The lowest BCUT2D eigenvalue weighted by atomic mass is 10.4. The van der Waals surface area contributed by atoms with Crippen molar-refractivity contribution in [3.05, 3.63) is 33.8 Å². The zero-order chi connectivity index (χ0) is 11.4. The Kier molecular flexibility index (Phi) is 5.46. The summed E-state index contributed by atoms with van der Waals surface area (Å²) in [6.45, 7) is 12.6. The van der Waals surface area contributed by atoms with Crippen LogP contribution in [0.3, 0.4) is 0 Å². The van der Waals surface area contributed by atoms with Gasteiger partial charge in [-0.25, -0.2) is 0 Å². The molecule has 0 rings (SSSR count). The number of hydrogen-bond donors (Lipinski definition) is 0. The molecule has 0 N–H and O–H groups in total. The summed E-state index contributed by atoms with van der Waals surface area (Å²) < 4.78 is 0. The van der Waals surface area contributed by atoms with E-state index in [-0.39, 0.29) is 0 Å². The van der Waals surface area contributed by atoms with Crippen LogP contribution in [0.15, 0.2) is 33.8 Å². The van der Waals surface area contributed by atoms with Crippen molar-refractivity contribution in [2.45, 2.75) is 41.5 Å². The fourth-order valence-electron chi connectivity index (χ4n) is 1.45. The van der Waals surface area contributed by atoms with E-state index in [1.807, 2.05) is 0 Å². The molecule has 0 atom stereocenters. The Morgan fingerprint density at radius 1 is 0.714 bits per heavy atom. The molecule has 0 aliphatic carbocycles. The van der Waals surface area contributed by atoms with Crippen molar-refractivity contribution >= 4 is 18.5 Å². The number of hydrogen-bond acceptors (Lipinski definition) is 0. The van der Waals surface area contributed by atoms with Gasteiger partial charge in [-0.1, -0.05) is 33.8 Å². The molecule has 0 amide bonds. The van der Waals surface area contributed by atoms with Crippen LogP contribution < -0.4 is 0 Å². The number of halogens is 1. The molecule has 0 heterocycles. The molecule has 0 spiro atoms. The molecule has 0 aromatic carbocycles. The van der Waals surface area contributed by atoms with Gasteiger partial charge in [-0.05, 0) is 41.5 Å². The molecule has 0 fully saturated rings. The lowest BCUT2D eigenvalue weighted by molar-refractivity contribution is 1.38. The SMILES string of the molecule is CC(C)=C[Si](Cl)(C=C(C)C)C=C(C)C. The summed E-state index contributed by atoms with van der Waals surface area (Å²) in [5.41, 5.74) is 10.5. The lowest BCUT2D eigenvalue weighted by Crippen LogP contribution is -2.20. The smallest absolute Gasteiger partial charge is 0.151 e. The van der Waals surface area contributed by atoms with E-state index in [1.165, 1.54) is 16.7 Å². The Morgan fingerprint density at radius 3 is 1.07 bits per heavy atom. The lowest BCUT2D eigenvalue weighted by Gasteiger charge is -2.14. The van der Waals surface area contributed by atoms with Gasteiger partial charge in [-0.2, -0.15) is 11.1 Å². The molecule has 0 radical (unpaired) electrons. The maximum Gasteiger partial charge on any atom is 0.226 e. The molecule has 0 aliphatic heterocycles. The van der Waals surface area contributed by atoms with Crippen molar-refractivity contribution in [2.75, 3.05) is 0 Å². The van der Waals surface area contributed by atoms with Gasteiger partial charge in [-0.15, -0.1) is 0 Å². The van der Waals surface area contributed by atoms with E-state index in [2.05, 4.69) is 58.6 Å². The predicted molar refractivity (Wildman–Crippen MR) is 69.9 cm³/mol. The second-order valence-corrected chi connectivity index (χ2v) is 8.98. The summed E-state index contributed by atoms with van der Waals surface area (Å²) in [5, 5.41) is 0. The van der Waals surface area contributed by atoms with Crippen LogP contribution in [0, 0.1) is 0 Å². The molecular weight excluding hydrogens is 208 g/mol. The standard InChI is InChI=1S/C12H21ClSi/c1-10(2)7-14(13,8-11(3)4)9-12(5)6/h7-9H,1-6H3. The van der Waals surface area contributed by atoms with Gasteiger partial charge in [0, 0.05) is 0 Å². The Labute approximate surface area is 94.1 Å². The van der Waals surface area contributed by atoms with Crippen LogP contribution >= 0.6 is 11.1 Å². The Bertz CT molecular complexity index is 227. The largest absolute Gasteiger partial charge is 0.226 e. The second-order valence-electron chi connectivity index (χ2n) is 4.49. The van der Waals surface area contributed by atoms with Gasteiger partial charge in [0.05, 0.1) is 0 Å². The molecule has 14 heavy (non-hydrogen) atoms. The Hall–Kier alpha value is -0.273. The van der Waals surface area contributed by atoms with Crippen molar-refractivity contribution in [1.82, 2.24) is 0 Å². The van der Waals surface area contributed by atoms with Crippen LogP contribution in [0.1, 0.15) is 41.5 Å². The molecule has 0 bridgehead atoms. The van der Waals surface area contributed by atoms with Gasteiger partial charge in [0.1, 0.15) is 0 Å². The van der Waals surface area contributed by atoms with E-state index >= 15 is 0 Å². The van der Waals surface area contributed by atoms with Crippen LogP contribution in [0.25, 0.3) is 0 Å². The first-order valence-corrected chi connectivity index (χ1v) is 8.16. The molecule has 0 saturated carbocycles. The highest BCUT2D eigenvalue weighted by Crippen LogP contribution is 2.20. The van der Waals surface area contributed by atoms with Crippen molar-refractivity contribution in [2.24, 2.45) is 0 Å². The molecule has 0 aromatic heterocycles. The molecule has 0 unspecified atom stereocenters. The average molecular weight is 229 g/mol. The minimum Gasteiger partial charge on any atom is -0.151 e. The predicted octanol–water partition coefficient (Wildman–Crippen LogP) is 4.69. The summed E-state index contributed by atoms with van der Waals surface area (Å²) >= 11 is 6.63. The molecule has 0 nitrogen and oxygen atoms in total. The maximum atomic E-state index is 6.63. The fourth-order valence-corrected chi connectivity index (χ4v) is 6.32. The average Bonchev–Trinajstić information content (AvgIpc) is 1.76. The first kappa shape index (κ1) is 13.7. The summed E-state index contributed by atoms with van der Waals surface area (Å²) in [7, 11) is -1.95. The van der Waals surface area contributed by atoms with E-state index in [0.29, 0.717) is 0 Å². The minimum absolute atomic E-state index is 1.29. The van der Waals surface area contributed by atoms with Crippen LogP contribution in [0.2, 0.25) is 0 Å². The third kappa shape index (κ3) is 6.22. The molecule has 0 saturated heterocycles. The normalized spacial score (nSPS) is 10.5. The van der Waals surface area contributed by atoms with Crippen molar-refractivity contribution in [1.29, 1.82) is 0 Å². The van der Waals surface area contributed by atoms with Crippen molar-refractivity contribution in [3.63, 3.8) is 0 Å². The zero-order valence-corrected chi connectivity index (χ0v) is 11.9. The minimum atomic E-state index is -1.95. The first-order valence-electron chi connectivity index (χ1n) is 4.92. The monoisotopic (exact) mass is 228 g/mol. The van der Waals surface area contributed by atoms with Crippen LogP contribution in [0.4, 0.5) is 0 Å². The van der Waals surface area contributed by atoms with E-state index in [4.69, 9.17) is 11.1 Å². The van der Waals surface area contributed by atoms with Gasteiger partial charge in [0.2, 0.25) is 7.38 Å². The Balaban J connectivity index is 5.17. The van der Waals surface area contributed by atoms with E-state index in [0.717, 1.165) is 0 Å². The third-order valence-corrected chi connectivity index (χ3v) is 5.57. The van der Waals surface area contributed by atoms with Gasteiger partial charge < -0.3 is 0 Å². The molecule has 80 valence electrons. The van der Waals surface area contributed by atoms with E-state index in [1.54, 1.807) is 0 Å². The third-order valence-electron chi connectivity index (χ3n) is 1.53. The Morgan fingerprint density at radius 2 is 0.929 bits per heavy atom. The van der Waals surface area contributed by atoms with Gasteiger partial charge in [0.15, 0.2) is 0 Å². The van der Waals surface area contributed by atoms with Gasteiger partial charge >= 0.3 is 0 Å². The number of rotatable bonds is 3. The summed E-state index contributed by atoms with van der Waals surface area (Å²) in [6, 6.07) is 0. The van der Waals surface area contributed by atoms with Crippen LogP contribution in [0.5, 0.6) is 0 Å².